The van der Waals surface area contributed by atoms with Gasteiger partial charge in [0.15, 0.2) is 0 Å². The van der Waals surface area contributed by atoms with Crippen molar-refractivity contribution in [2.75, 3.05) is 20.1 Å². The third-order valence-electron chi connectivity index (χ3n) is 4.91. The van der Waals surface area contributed by atoms with E-state index in [2.05, 4.69) is 31.1 Å². The number of likely N-dealkylation sites (N-methyl/N-ethyl adjacent to an activating group) is 1. The number of hydrogen-bond acceptors (Lipinski definition) is 2. The maximum absolute atomic E-state index is 3.75. The highest BCUT2D eigenvalue weighted by Gasteiger charge is 2.30. The van der Waals surface area contributed by atoms with Crippen molar-refractivity contribution in [1.82, 2.24) is 10.2 Å². The van der Waals surface area contributed by atoms with E-state index in [1.165, 1.54) is 51.6 Å². The molecule has 1 atom stereocenters. The Morgan fingerprint density at radius 1 is 1.12 bits per heavy atom. The second-order valence-electron chi connectivity index (χ2n) is 6.47. The molecular formula is C15H30N2. The van der Waals surface area contributed by atoms with Gasteiger partial charge in [0.25, 0.3) is 0 Å². The SMILES string of the molecule is CC1CCC(NCCN(C)C(C)C2CC2)CC1. The van der Waals surface area contributed by atoms with E-state index < -0.39 is 0 Å². The first-order valence-electron chi connectivity index (χ1n) is 7.60. The predicted molar refractivity (Wildman–Crippen MR) is 74.2 cm³/mol. The summed E-state index contributed by atoms with van der Waals surface area (Å²) in [7, 11) is 2.29. The molecule has 1 unspecified atom stereocenters. The molecule has 2 aliphatic carbocycles. The smallest absolute Gasteiger partial charge is 0.0107 e. The van der Waals surface area contributed by atoms with Crippen molar-refractivity contribution in [1.29, 1.82) is 0 Å². The van der Waals surface area contributed by atoms with Crippen LogP contribution in [0.15, 0.2) is 0 Å². The number of nitrogens with zero attached hydrogens (tertiary/aromatic N) is 1. The summed E-state index contributed by atoms with van der Waals surface area (Å²) in [6.45, 7) is 7.16. The Morgan fingerprint density at radius 2 is 1.76 bits per heavy atom. The van der Waals surface area contributed by atoms with Gasteiger partial charge in [-0.15, -0.1) is 0 Å². The quantitative estimate of drug-likeness (QED) is 0.765. The molecule has 0 aromatic rings. The Balaban J connectivity index is 1.55. The fraction of sp³-hybridized carbons (Fsp3) is 1.00. The van der Waals surface area contributed by atoms with E-state index in [0.717, 1.165) is 23.9 Å². The van der Waals surface area contributed by atoms with Crippen LogP contribution in [0, 0.1) is 11.8 Å². The third-order valence-corrected chi connectivity index (χ3v) is 4.91. The molecule has 2 nitrogen and oxygen atoms in total. The average molecular weight is 238 g/mol. The zero-order valence-electron chi connectivity index (χ0n) is 11.9. The van der Waals surface area contributed by atoms with Crippen LogP contribution in [-0.4, -0.2) is 37.1 Å². The van der Waals surface area contributed by atoms with Crippen molar-refractivity contribution >= 4 is 0 Å². The second kappa shape index (κ2) is 6.19. The van der Waals surface area contributed by atoms with E-state index in [9.17, 15) is 0 Å². The van der Waals surface area contributed by atoms with Gasteiger partial charge in [0.05, 0.1) is 0 Å². The minimum absolute atomic E-state index is 0.795. The van der Waals surface area contributed by atoms with Gasteiger partial charge < -0.3 is 10.2 Å². The summed E-state index contributed by atoms with van der Waals surface area (Å²) in [5.41, 5.74) is 0. The van der Waals surface area contributed by atoms with Gasteiger partial charge in [-0.25, -0.2) is 0 Å². The molecule has 2 aliphatic rings. The van der Waals surface area contributed by atoms with Gasteiger partial charge in [0.2, 0.25) is 0 Å². The molecule has 0 spiro atoms. The summed E-state index contributed by atoms with van der Waals surface area (Å²) in [6, 6.07) is 1.60. The standard InChI is InChI=1S/C15H30N2/c1-12-4-8-15(9-5-12)16-10-11-17(3)13(2)14-6-7-14/h12-16H,4-11H2,1-3H3. The highest BCUT2D eigenvalue weighted by Crippen LogP contribution is 2.34. The highest BCUT2D eigenvalue weighted by atomic mass is 15.1. The molecule has 1 N–H and O–H groups in total. The summed E-state index contributed by atoms with van der Waals surface area (Å²) >= 11 is 0. The number of hydrogen-bond donors (Lipinski definition) is 1. The van der Waals surface area contributed by atoms with Crippen LogP contribution < -0.4 is 5.32 Å². The lowest BCUT2D eigenvalue weighted by Gasteiger charge is -2.29. The molecule has 0 aliphatic heterocycles. The normalized spacial score (nSPS) is 31.8. The van der Waals surface area contributed by atoms with Crippen LogP contribution in [0.25, 0.3) is 0 Å². The maximum atomic E-state index is 3.75. The first-order valence-corrected chi connectivity index (χ1v) is 7.60. The molecule has 0 bridgehead atoms. The van der Waals surface area contributed by atoms with E-state index in [1.54, 1.807) is 0 Å². The van der Waals surface area contributed by atoms with E-state index in [-0.39, 0.29) is 0 Å². The zero-order chi connectivity index (χ0) is 12.3. The summed E-state index contributed by atoms with van der Waals surface area (Å²) in [4.78, 5) is 2.54. The van der Waals surface area contributed by atoms with Crippen LogP contribution in [0.2, 0.25) is 0 Å². The third kappa shape index (κ3) is 4.26. The van der Waals surface area contributed by atoms with Gasteiger partial charge >= 0.3 is 0 Å². The van der Waals surface area contributed by atoms with Gasteiger partial charge in [-0.2, -0.15) is 0 Å². The van der Waals surface area contributed by atoms with Crippen molar-refractivity contribution in [2.45, 2.75) is 64.5 Å². The molecule has 17 heavy (non-hydrogen) atoms. The second-order valence-corrected chi connectivity index (χ2v) is 6.47. The van der Waals surface area contributed by atoms with E-state index in [4.69, 9.17) is 0 Å². The predicted octanol–water partition coefficient (Wildman–Crippen LogP) is 2.89. The number of nitrogens with one attached hydrogen (secondary N) is 1. The average Bonchev–Trinajstić information content (AvgIpc) is 3.14. The minimum Gasteiger partial charge on any atom is -0.313 e. The molecule has 2 rings (SSSR count). The zero-order valence-corrected chi connectivity index (χ0v) is 11.9. The molecule has 2 heteroatoms. The Bertz CT molecular complexity index is 217. The lowest BCUT2D eigenvalue weighted by Crippen LogP contribution is -2.40. The molecule has 0 saturated heterocycles. The van der Waals surface area contributed by atoms with Gasteiger partial charge in [0.1, 0.15) is 0 Å². The van der Waals surface area contributed by atoms with Crippen LogP contribution in [0.5, 0.6) is 0 Å². The first-order chi connectivity index (χ1) is 8.16. The summed E-state index contributed by atoms with van der Waals surface area (Å²) in [5, 5.41) is 3.75. The topological polar surface area (TPSA) is 15.3 Å². The van der Waals surface area contributed by atoms with Crippen LogP contribution >= 0.6 is 0 Å². The molecule has 0 aromatic carbocycles. The Labute approximate surface area is 107 Å². The fourth-order valence-corrected chi connectivity index (χ4v) is 3.05. The molecule has 2 saturated carbocycles. The van der Waals surface area contributed by atoms with Crippen molar-refractivity contribution in [3.8, 4) is 0 Å². The van der Waals surface area contributed by atoms with Gasteiger partial charge in [-0.1, -0.05) is 6.92 Å². The monoisotopic (exact) mass is 238 g/mol. The largest absolute Gasteiger partial charge is 0.313 e. The molecule has 100 valence electrons. The van der Waals surface area contributed by atoms with E-state index in [1.807, 2.05) is 0 Å². The molecule has 0 radical (unpaired) electrons. The Hall–Kier alpha value is -0.0800. The first kappa shape index (κ1) is 13.4. The highest BCUT2D eigenvalue weighted by molar-refractivity contribution is 4.84. The van der Waals surface area contributed by atoms with Gasteiger partial charge in [-0.05, 0) is 64.3 Å². The summed E-state index contributed by atoms with van der Waals surface area (Å²) < 4.78 is 0. The Morgan fingerprint density at radius 3 is 2.35 bits per heavy atom. The molecule has 0 heterocycles. The van der Waals surface area contributed by atoms with Gasteiger partial charge in [-0.3, -0.25) is 0 Å². The molecular weight excluding hydrogens is 208 g/mol. The summed E-state index contributed by atoms with van der Waals surface area (Å²) in [5.74, 6) is 1.96. The van der Waals surface area contributed by atoms with Crippen molar-refractivity contribution < 1.29 is 0 Å². The molecule has 0 amide bonds. The molecule has 0 aromatic heterocycles. The summed E-state index contributed by atoms with van der Waals surface area (Å²) in [6.07, 6.45) is 8.54. The number of rotatable bonds is 6. The fourth-order valence-electron chi connectivity index (χ4n) is 3.05. The minimum atomic E-state index is 0.795. The van der Waals surface area contributed by atoms with E-state index >= 15 is 0 Å². The lowest BCUT2D eigenvalue weighted by atomic mass is 9.87. The van der Waals surface area contributed by atoms with Crippen LogP contribution in [0.4, 0.5) is 0 Å². The van der Waals surface area contributed by atoms with Crippen molar-refractivity contribution in [2.24, 2.45) is 11.8 Å². The molecule has 2 fully saturated rings. The van der Waals surface area contributed by atoms with Crippen LogP contribution in [-0.2, 0) is 0 Å². The lowest BCUT2D eigenvalue weighted by molar-refractivity contribution is 0.224. The van der Waals surface area contributed by atoms with Crippen LogP contribution in [0.3, 0.4) is 0 Å². The van der Waals surface area contributed by atoms with Gasteiger partial charge in [0, 0.05) is 25.2 Å². The van der Waals surface area contributed by atoms with Crippen molar-refractivity contribution in [3.05, 3.63) is 0 Å². The maximum Gasteiger partial charge on any atom is 0.0107 e. The van der Waals surface area contributed by atoms with Crippen molar-refractivity contribution in [3.63, 3.8) is 0 Å². The van der Waals surface area contributed by atoms with Crippen LogP contribution in [0.1, 0.15) is 52.4 Å². The van der Waals surface area contributed by atoms with E-state index in [0.29, 0.717) is 0 Å². The Kier molecular flexibility index (Phi) is 4.87.